The zero-order valence-corrected chi connectivity index (χ0v) is 21.4. The van der Waals surface area contributed by atoms with E-state index in [1.165, 1.54) is 64.2 Å². The van der Waals surface area contributed by atoms with Gasteiger partial charge >= 0.3 is 5.97 Å². The van der Waals surface area contributed by atoms with Gasteiger partial charge < -0.3 is 10.1 Å². The van der Waals surface area contributed by atoms with E-state index in [1.54, 1.807) is 24.3 Å². The molecular weight excluding hydrogens is 426 g/mol. The van der Waals surface area contributed by atoms with E-state index < -0.39 is 17.2 Å². The van der Waals surface area contributed by atoms with Gasteiger partial charge in [-0.3, -0.25) is 9.69 Å². The highest BCUT2D eigenvalue weighted by atomic mass is 16.4. The normalized spacial score (nSPS) is 27.7. The summed E-state index contributed by atoms with van der Waals surface area (Å²) >= 11 is 0. The summed E-state index contributed by atoms with van der Waals surface area (Å²) in [7, 11) is 0. The molecule has 1 aliphatic heterocycles. The predicted octanol–water partition coefficient (Wildman–Crippen LogP) is 6.26. The molecule has 188 valence electrons. The largest absolute Gasteiger partial charge is 0.476 e. The van der Waals surface area contributed by atoms with Crippen LogP contribution in [0.1, 0.15) is 102 Å². The minimum Gasteiger partial charge on any atom is -0.476 e. The van der Waals surface area contributed by atoms with Crippen molar-refractivity contribution in [2.45, 2.75) is 110 Å². The van der Waals surface area contributed by atoms with Gasteiger partial charge in [0.2, 0.25) is 5.69 Å². The molecule has 1 aromatic heterocycles. The van der Waals surface area contributed by atoms with E-state index in [9.17, 15) is 9.59 Å². The number of carboxylic acid groups (broad SMARTS) is 1. The molecule has 2 aliphatic rings. The number of hydrogen-bond acceptors (Lipinski definition) is 4. The Hall–Kier alpha value is -2.21. The fourth-order valence-electron chi connectivity index (χ4n) is 6.23. The number of nitrogens with one attached hydrogen (secondary N) is 1. The number of aromatic amines is 1. The molecule has 2 N–H and O–H groups in total. The first kappa shape index (κ1) is 26.4. The van der Waals surface area contributed by atoms with Gasteiger partial charge in [-0.25, -0.2) is 9.78 Å². The second-order valence-corrected chi connectivity index (χ2v) is 10.1. The van der Waals surface area contributed by atoms with Crippen molar-refractivity contribution in [1.29, 1.82) is 0 Å². The molecule has 4 rings (SSSR count). The molecule has 2 aromatic rings. The van der Waals surface area contributed by atoms with Crippen molar-refractivity contribution in [1.82, 2.24) is 14.9 Å². The van der Waals surface area contributed by atoms with Crippen molar-refractivity contribution in [3.05, 3.63) is 40.3 Å². The highest BCUT2D eigenvalue weighted by molar-refractivity contribution is 5.87. The lowest BCUT2D eigenvalue weighted by Crippen LogP contribution is -2.53. The van der Waals surface area contributed by atoms with E-state index in [0.29, 0.717) is 11.0 Å². The minimum atomic E-state index is -1.32. The first-order valence-electron chi connectivity index (χ1n) is 13.4. The van der Waals surface area contributed by atoms with Crippen LogP contribution >= 0.6 is 0 Å². The van der Waals surface area contributed by atoms with Crippen LogP contribution in [0, 0.1) is 11.8 Å². The molecule has 34 heavy (non-hydrogen) atoms. The number of fused-ring (bicyclic) bond motifs is 1. The molecule has 1 saturated carbocycles. The summed E-state index contributed by atoms with van der Waals surface area (Å²) in [6, 6.07) is 9.42. The van der Waals surface area contributed by atoms with Crippen LogP contribution < -0.4 is 5.56 Å². The summed E-state index contributed by atoms with van der Waals surface area (Å²) < 4.78 is 0. The molecule has 4 atom stereocenters. The standard InChI is InChI=1S/C19H37N.C9H6N2O3/c1-5-15-12-16(6-2)14-19(13-15)20-17(7-3)10-9-11-18(20)8-4;12-8-7(9(13)14)10-5-3-1-2-4-6(5)11-8/h15-19H,5-14H2,1-4H3;1-4H,(H,11,12)(H,13,14). The summed E-state index contributed by atoms with van der Waals surface area (Å²) in [4.78, 5) is 30.9. The number of aromatic carboxylic acids is 1. The Morgan fingerprint density at radius 2 is 1.56 bits per heavy atom. The number of H-pyrrole nitrogens is 1. The van der Waals surface area contributed by atoms with Crippen LogP contribution in [0.5, 0.6) is 0 Å². The molecule has 6 heteroatoms. The zero-order valence-electron chi connectivity index (χ0n) is 21.4. The number of nitrogens with zero attached hydrogens (tertiary/aromatic N) is 2. The maximum absolute atomic E-state index is 11.2. The number of likely N-dealkylation sites (tertiary alicyclic amines) is 1. The maximum Gasteiger partial charge on any atom is 0.360 e. The minimum absolute atomic E-state index is 0.463. The molecule has 0 amide bonds. The molecule has 1 aromatic carbocycles. The summed E-state index contributed by atoms with van der Waals surface area (Å²) in [5.74, 6) is 0.670. The van der Waals surface area contributed by atoms with Gasteiger partial charge in [-0.15, -0.1) is 0 Å². The first-order valence-corrected chi connectivity index (χ1v) is 13.4. The number of carbonyl (C=O) groups is 1. The number of piperidine rings is 1. The van der Waals surface area contributed by atoms with Gasteiger partial charge in [0.05, 0.1) is 11.0 Å². The van der Waals surface area contributed by atoms with Gasteiger partial charge in [-0.2, -0.15) is 0 Å². The Bertz CT molecular complexity index is 964. The Balaban J connectivity index is 0.000000202. The number of hydrogen-bond donors (Lipinski definition) is 2. The van der Waals surface area contributed by atoms with Crippen molar-refractivity contribution < 1.29 is 9.90 Å². The molecule has 0 spiro atoms. The number of rotatable bonds is 6. The Labute approximate surface area is 204 Å². The van der Waals surface area contributed by atoms with Crippen molar-refractivity contribution in [3.63, 3.8) is 0 Å². The molecule has 2 fully saturated rings. The lowest BCUT2D eigenvalue weighted by atomic mass is 9.74. The summed E-state index contributed by atoms with van der Waals surface area (Å²) in [5.41, 5.74) is -0.174. The van der Waals surface area contributed by atoms with Gasteiger partial charge in [0.25, 0.3) is 5.56 Å². The van der Waals surface area contributed by atoms with E-state index in [-0.39, 0.29) is 0 Å². The van der Waals surface area contributed by atoms with E-state index in [1.807, 2.05) is 0 Å². The average Bonchev–Trinajstić information content (AvgIpc) is 2.87. The quantitative estimate of drug-likeness (QED) is 0.522. The second kappa shape index (κ2) is 12.5. The van der Waals surface area contributed by atoms with Crippen LogP contribution in [0.25, 0.3) is 11.0 Å². The number of aromatic nitrogens is 2. The van der Waals surface area contributed by atoms with E-state index in [2.05, 4.69) is 42.6 Å². The van der Waals surface area contributed by atoms with E-state index >= 15 is 0 Å². The predicted molar refractivity (Wildman–Crippen MR) is 138 cm³/mol. The Morgan fingerprint density at radius 3 is 2.09 bits per heavy atom. The van der Waals surface area contributed by atoms with Crippen molar-refractivity contribution in [2.24, 2.45) is 11.8 Å². The number of para-hydroxylation sites is 2. The van der Waals surface area contributed by atoms with Crippen molar-refractivity contribution >= 4 is 17.0 Å². The molecule has 4 unspecified atom stereocenters. The van der Waals surface area contributed by atoms with E-state index in [0.717, 1.165) is 30.0 Å². The van der Waals surface area contributed by atoms with Gasteiger partial charge in [-0.05, 0) is 68.9 Å². The van der Waals surface area contributed by atoms with Crippen LogP contribution in [0.15, 0.2) is 29.1 Å². The van der Waals surface area contributed by atoms with Gasteiger partial charge in [-0.1, -0.05) is 59.1 Å². The molecular formula is C28H43N3O3. The highest BCUT2D eigenvalue weighted by Crippen LogP contribution is 2.40. The molecule has 1 saturated heterocycles. The lowest BCUT2D eigenvalue weighted by Gasteiger charge is -2.50. The van der Waals surface area contributed by atoms with Crippen LogP contribution in [0.4, 0.5) is 0 Å². The van der Waals surface area contributed by atoms with Crippen LogP contribution in [-0.2, 0) is 0 Å². The lowest BCUT2D eigenvalue weighted by molar-refractivity contribution is -0.00487. The molecule has 2 heterocycles. The Kier molecular flexibility index (Phi) is 9.69. The zero-order chi connectivity index (χ0) is 24.7. The molecule has 0 bridgehead atoms. The van der Waals surface area contributed by atoms with Crippen LogP contribution in [0.2, 0.25) is 0 Å². The number of carboxylic acids is 1. The molecule has 1 aliphatic carbocycles. The van der Waals surface area contributed by atoms with Crippen LogP contribution in [0.3, 0.4) is 0 Å². The van der Waals surface area contributed by atoms with E-state index in [4.69, 9.17) is 5.11 Å². The third kappa shape index (κ3) is 6.26. The number of benzene rings is 1. The highest BCUT2D eigenvalue weighted by Gasteiger charge is 2.38. The third-order valence-electron chi connectivity index (χ3n) is 8.12. The third-order valence-corrected chi connectivity index (χ3v) is 8.12. The monoisotopic (exact) mass is 469 g/mol. The average molecular weight is 470 g/mol. The Morgan fingerprint density at radius 1 is 0.971 bits per heavy atom. The van der Waals surface area contributed by atoms with Gasteiger partial charge in [0, 0.05) is 18.1 Å². The fraction of sp³-hybridized carbons (Fsp3) is 0.679. The summed E-state index contributed by atoms with van der Waals surface area (Å²) in [6.07, 6.45) is 14.4. The topological polar surface area (TPSA) is 86.3 Å². The smallest absolute Gasteiger partial charge is 0.360 e. The van der Waals surface area contributed by atoms with Gasteiger partial charge in [0.1, 0.15) is 0 Å². The van der Waals surface area contributed by atoms with Crippen LogP contribution in [-0.4, -0.2) is 44.1 Å². The molecule has 0 radical (unpaired) electrons. The second-order valence-electron chi connectivity index (χ2n) is 10.1. The molecule has 6 nitrogen and oxygen atoms in total. The fourth-order valence-corrected chi connectivity index (χ4v) is 6.23. The SMILES string of the molecule is CCC1CC(CC)CC(N2C(CC)CCCC2CC)C1.O=C(O)c1nc2ccccc2[nH]c1=O. The van der Waals surface area contributed by atoms with Crippen molar-refractivity contribution in [2.75, 3.05) is 0 Å². The van der Waals surface area contributed by atoms with Crippen molar-refractivity contribution in [3.8, 4) is 0 Å². The first-order chi connectivity index (χ1) is 16.4. The summed E-state index contributed by atoms with van der Waals surface area (Å²) in [5, 5.41) is 8.64. The summed E-state index contributed by atoms with van der Waals surface area (Å²) in [6.45, 7) is 9.63. The maximum atomic E-state index is 11.2. The van der Waals surface area contributed by atoms with Gasteiger partial charge in [0.15, 0.2) is 0 Å².